The van der Waals surface area contributed by atoms with Crippen molar-refractivity contribution in [2.24, 2.45) is 5.92 Å². The smallest absolute Gasteiger partial charge is 0.262 e. The van der Waals surface area contributed by atoms with Crippen LogP contribution in [0.15, 0.2) is 84.9 Å². The van der Waals surface area contributed by atoms with Crippen LogP contribution in [-0.4, -0.2) is 22.8 Å². The predicted molar refractivity (Wildman–Crippen MR) is 108 cm³/mol. The van der Waals surface area contributed by atoms with Gasteiger partial charge in [0.05, 0.1) is 18.3 Å². The van der Waals surface area contributed by atoms with Crippen LogP contribution >= 0.6 is 0 Å². The average molecular weight is 402 g/mol. The summed E-state index contributed by atoms with van der Waals surface area (Å²) in [6, 6.07) is 24.1. The molecule has 2 fully saturated rings. The summed E-state index contributed by atoms with van der Waals surface area (Å²) in [5.74, 6) is -1.82. The van der Waals surface area contributed by atoms with Crippen molar-refractivity contribution in [3.63, 3.8) is 0 Å². The number of halogens is 1. The zero-order chi connectivity index (χ0) is 20.7. The molecular formula is C24H19FN2O3. The number of carbonyl (C=O) groups is 2. The second-order valence-corrected chi connectivity index (χ2v) is 7.46. The Bertz CT molecular complexity index is 1090. The number of likely N-dealkylation sites (tertiary alicyclic amines) is 1. The number of anilines is 1. The van der Waals surface area contributed by atoms with Crippen molar-refractivity contribution < 1.29 is 18.8 Å². The summed E-state index contributed by atoms with van der Waals surface area (Å²) in [7, 11) is 0. The lowest BCUT2D eigenvalue weighted by Crippen LogP contribution is -2.36. The monoisotopic (exact) mass is 402 g/mol. The Balaban J connectivity index is 1.53. The molecule has 3 aromatic rings. The standard InChI is InChI=1S/C24H19FN2O3/c25-18-11-7-10-17(14-18)21-20-22(30-27(21)19-12-5-2-6-13-19)24(29)26(23(20)28)15-16-8-3-1-4-9-16/h1-14,20-22H,15H2/t20-,21-,22-/m1/s1. The van der Waals surface area contributed by atoms with Crippen LogP contribution < -0.4 is 5.06 Å². The van der Waals surface area contributed by atoms with Crippen molar-refractivity contribution in [2.75, 3.05) is 5.06 Å². The molecule has 0 radical (unpaired) electrons. The summed E-state index contributed by atoms with van der Waals surface area (Å²) in [4.78, 5) is 33.7. The Morgan fingerprint density at radius 1 is 0.833 bits per heavy atom. The van der Waals surface area contributed by atoms with Gasteiger partial charge in [-0.25, -0.2) is 9.45 Å². The maximum absolute atomic E-state index is 14.0. The number of hydroxylamine groups is 1. The van der Waals surface area contributed by atoms with Gasteiger partial charge < -0.3 is 0 Å². The molecule has 3 atom stereocenters. The molecule has 5 rings (SSSR count). The van der Waals surface area contributed by atoms with E-state index in [0.29, 0.717) is 11.3 Å². The molecule has 2 amide bonds. The molecule has 2 aliphatic heterocycles. The fourth-order valence-electron chi connectivity index (χ4n) is 4.22. The SMILES string of the molecule is O=C1[C@@H]2[C@@H](c3cccc(F)c3)N(c3ccccc3)O[C@H]2C(=O)N1Cc1ccccc1. The summed E-state index contributed by atoms with van der Waals surface area (Å²) in [6.45, 7) is 0.191. The van der Waals surface area contributed by atoms with Crippen molar-refractivity contribution in [3.8, 4) is 0 Å². The lowest BCUT2D eigenvalue weighted by molar-refractivity contribution is -0.143. The highest BCUT2D eigenvalue weighted by Crippen LogP contribution is 2.46. The van der Waals surface area contributed by atoms with Gasteiger partial charge in [-0.3, -0.25) is 19.3 Å². The Morgan fingerprint density at radius 3 is 2.23 bits per heavy atom. The van der Waals surface area contributed by atoms with Gasteiger partial charge in [0, 0.05) is 0 Å². The third-order valence-electron chi connectivity index (χ3n) is 5.59. The summed E-state index contributed by atoms with van der Waals surface area (Å²) in [6.07, 6.45) is -0.935. The maximum atomic E-state index is 14.0. The molecule has 2 heterocycles. The molecule has 0 saturated carbocycles. The van der Waals surface area contributed by atoms with Crippen LogP contribution in [0, 0.1) is 11.7 Å². The van der Waals surface area contributed by atoms with Crippen LogP contribution in [0.25, 0.3) is 0 Å². The Morgan fingerprint density at radius 2 is 1.53 bits per heavy atom. The number of hydrogen-bond acceptors (Lipinski definition) is 4. The Kier molecular flexibility index (Phi) is 4.56. The molecule has 2 saturated heterocycles. The van der Waals surface area contributed by atoms with E-state index in [2.05, 4.69) is 0 Å². The van der Waals surface area contributed by atoms with Gasteiger partial charge in [-0.2, -0.15) is 0 Å². The highest BCUT2D eigenvalue weighted by atomic mass is 19.1. The van der Waals surface area contributed by atoms with Gasteiger partial charge in [0.2, 0.25) is 5.91 Å². The number of benzene rings is 3. The largest absolute Gasteiger partial charge is 0.275 e. The number of rotatable bonds is 4. The number of nitrogens with zero attached hydrogens (tertiary/aromatic N) is 2. The molecule has 3 aromatic carbocycles. The molecule has 0 spiro atoms. The van der Waals surface area contributed by atoms with E-state index in [-0.39, 0.29) is 18.4 Å². The van der Waals surface area contributed by atoms with Crippen LogP contribution in [0.4, 0.5) is 10.1 Å². The second kappa shape index (κ2) is 7.39. The molecule has 0 N–H and O–H groups in total. The van der Waals surface area contributed by atoms with E-state index < -0.39 is 23.9 Å². The third-order valence-corrected chi connectivity index (χ3v) is 5.59. The lowest BCUT2D eigenvalue weighted by atomic mass is 9.90. The van der Waals surface area contributed by atoms with E-state index >= 15 is 0 Å². The Labute approximate surface area is 173 Å². The van der Waals surface area contributed by atoms with Crippen molar-refractivity contribution in [1.29, 1.82) is 0 Å². The zero-order valence-corrected chi connectivity index (χ0v) is 16.0. The molecule has 0 aromatic heterocycles. The van der Waals surface area contributed by atoms with Gasteiger partial charge in [0.1, 0.15) is 11.7 Å². The first kappa shape index (κ1) is 18.5. The normalized spacial score (nSPS) is 23.2. The Hall–Kier alpha value is -3.51. The van der Waals surface area contributed by atoms with Crippen molar-refractivity contribution in [3.05, 3.63) is 102 Å². The van der Waals surface area contributed by atoms with Gasteiger partial charge in [0.15, 0.2) is 6.10 Å². The van der Waals surface area contributed by atoms with Crippen LogP contribution in [0.2, 0.25) is 0 Å². The van der Waals surface area contributed by atoms with Gasteiger partial charge in [-0.1, -0.05) is 60.7 Å². The maximum Gasteiger partial charge on any atom is 0.262 e. The van der Waals surface area contributed by atoms with Crippen LogP contribution in [0.1, 0.15) is 17.2 Å². The molecule has 0 unspecified atom stereocenters. The van der Waals surface area contributed by atoms with Gasteiger partial charge in [-0.05, 0) is 35.4 Å². The van der Waals surface area contributed by atoms with E-state index in [1.807, 2.05) is 60.7 Å². The minimum atomic E-state index is -0.935. The minimum Gasteiger partial charge on any atom is -0.275 e. The topological polar surface area (TPSA) is 49.9 Å². The number of carbonyl (C=O) groups excluding carboxylic acids is 2. The third kappa shape index (κ3) is 3.06. The van der Waals surface area contributed by atoms with Crippen molar-refractivity contribution in [2.45, 2.75) is 18.7 Å². The number of para-hydroxylation sites is 1. The fourth-order valence-corrected chi connectivity index (χ4v) is 4.22. The molecule has 5 nitrogen and oxygen atoms in total. The van der Waals surface area contributed by atoms with Crippen LogP contribution in [0.5, 0.6) is 0 Å². The van der Waals surface area contributed by atoms with Crippen LogP contribution in [-0.2, 0) is 21.0 Å². The van der Waals surface area contributed by atoms with Crippen molar-refractivity contribution >= 4 is 17.5 Å². The highest BCUT2D eigenvalue weighted by molar-refractivity contribution is 6.07. The second-order valence-electron chi connectivity index (χ2n) is 7.46. The molecule has 0 aliphatic carbocycles. The molecular weight excluding hydrogens is 383 g/mol. The lowest BCUT2D eigenvalue weighted by Gasteiger charge is -2.28. The average Bonchev–Trinajstić information content (AvgIpc) is 3.27. The van der Waals surface area contributed by atoms with E-state index in [1.165, 1.54) is 17.0 Å². The number of hydrogen-bond donors (Lipinski definition) is 0. The number of amides is 2. The molecule has 0 bridgehead atoms. The van der Waals surface area contributed by atoms with Crippen molar-refractivity contribution in [1.82, 2.24) is 4.90 Å². The summed E-state index contributed by atoms with van der Waals surface area (Å²) in [5.41, 5.74) is 2.16. The van der Waals surface area contributed by atoms with Crippen LogP contribution in [0.3, 0.4) is 0 Å². The molecule has 6 heteroatoms. The molecule has 30 heavy (non-hydrogen) atoms. The molecule has 2 aliphatic rings. The summed E-state index contributed by atoms with van der Waals surface area (Å²) >= 11 is 0. The highest BCUT2D eigenvalue weighted by Gasteiger charge is 2.59. The molecule has 150 valence electrons. The quantitative estimate of drug-likeness (QED) is 0.622. The zero-order valence-electron chi connectivity index (χ0n) is 16.0. The first-order valence-corrected chi connectivity index (χ1v) is 9.79. The van der Waals surface area contributed by atoms with E-state index in [0.717, 1.165) is 5.56 Å². The number of imide groups is 1. The first-order valence-electron chi connectivity index (χ1n) is 9.79. The fraction of sp³-hybridized carbons (Fsp3) is 0.167. The van der Waals surface area contributed by atoms with E-state index in [1.54, 1.807) is 17.2 Å². The van der Waals surface area contributed by atoms with Gasteiger partial charge >= 0.3 is 0 Å². The number of fused-ring (bicyclic) bond motifs is 1. The summed E-state index contributed by atoms with van der Waals surface area (Å²) < 4.78 is 14.0. The van der Waals surface area contributed by atoms with Gasteiger partial charge in [-0.15, -0.1) is 0 Å². The summed E-state index contributed by atoms with van der Waals surface area (Å²) in [5, 5.41) is 1.57. The van der Waals surface area contributed by atoms with Gasteiger partial charge in [0.25, 0.3) is 5.91 Å². The predicted octanol–water partition coefficient (Wildman–Crippen LogP) is 3.87. The first-order chi connectivity index (χ1) is 14.6. The minimum absolute atomic E-state index is 0.191. The van der Waals surface area contributed by atoms with E-state index in [9.17, 15) is 14.0 Å². The van der Waals surface area contributed by atoms with E-state index in [4.69, 9.17) is 4.84 Å².